The Labute approximate surface area is 173 Å². The number of benzene rings is 3. The Morgan fingerprint density at radius 1 is 1.00 bits per heavy atom. The summed E-state index contributed by atoms with van der Waals surface area (Å²) in [5, 5.41) is 13.0. The molecule has 2 aliphatic heterocycles. The number of ether oxygens (including phenoxy) is 2. The van der Waals surface area contributed by atoms with E-state index in [9.17, 15) is 14.7 Å². The number of phenolic OH excluding ortho intramolecular Hbond substituents is 1. The average Bonchev–Trinajstić information content (AvgIpc) is 3.15. The number of Topliss-reactive ketones (excluding diaryl/α,β-unsaturated/α-hetero) is 1. The number of carbonyl (C=O) groups excluding carboxylic acids is 2. The van der Waals surface area contributed by atoms with Crippen molar-refractivity contribution in [3.8, 4) is 17.2 Å². The molecule has 2 atom stereocenters. The number of methoxy groups -OCH3 is 2. The molecule has 0 unspecified atom stereocenters. The Kier molecular flexibility index (Phi) is 4.17. The number of carbonyl (C=O) groups is 2. The van der Waals surface area contributed by atoms with Crippen LogP contribution in [0.15, 0.2) is 48.5 Å². The van der Waals surface area contributed by atoms with Crippen molar-refractivity contribution in [1.29, 1.82) is 0 Å². The van der Waals surface area contributed by atoms with Gasteiger partial charge in [0.15, 0.2) is 17.3 Å². The van der Waals surface area contributed by atoms with E-state index >= 15 is 0 Å². The fourth-order valence-electron chi connectivity index (χ4n) is 4.88. The molecule has 0 saturated carbocycles. The summed E-state index contributed by atoms with van der Waals surface area (Å²) in [4.78, 5) is 27.9. The van der Waals surface area contributed by atoms with Gasteiger partial charge in [-0.3, -0.25) is 9.59 Å². The lowest BCUT2D eigenvalue weighted by Crippen LogP contribution is -2.46. The van der Waals surface area contributed by atoms with Gasteiger partial charge >= 0.3 is 0 Å². The monoisotopic (exact) mass is 403 g/mol. The molecule has 2 aliphatic rings. The smallest absolute Gasteiger partial charge is 0.224 e. The Morgan fingerprint density at radius 3 is 2.53 bits per heavy atom. The third-order valence-corrected chi connectivity index (χ3v) is 6.17. The lowest BCUT2D eigenvalue weighted by Gasteiger charge is -2.39. The van der Waals surface area contributed by atoms with E-state index in [0.717, 1.165) is 16.3 Å². The molecule has 3 aromatic rings. The number of phenols is 1. The van der Waals surface area contributed by atoms with E-state index in [1.54, 1.807) is 11.0 Å². The number of aromatic hydroxyl groups is 1. The van der Waals surface area contributed by atoms with Crippen molar-refractivity contribution in [2.45, 2.75) is 24.9 Å². The molecule has 0 bridgehead atoms. The van der Waals surface area contributed by atoms with Crippen LogP contribution in [0, 0.1) is 0 Å². The van der Waals surface area contributed by atoms with Crippen molar-refractivity contribution in [2.24, 2.45) is 0 Å². The molecule has 6 nitrogen and oxygen atoms in total. The van der Waals surface area contributed by atoms with Crippen LogP contribution in [-0.4, -0.2) is 42.0 Å². The van der Waals surface area contributed by atoms with Crippen LogP contribution in [0.25, 0.3) is 10.8 Å². The van der Waals surface area contributed by atoms with Crippen LogP contribution in [0.1, 0.15) is 40.4 Å². The van der Waals surface area contributed by atoms with E-state index in [2.05, 4.69) is 0 Å². The molecule has 3 aromatic carbocycles. The van der Waals surface area contributed by atoms with Crippen LogP contribution in [0.3, 0.4) is 0 Å². The minimum Gasteiger partial charge on any atom is -0.504 e. The van der Waals surface area contributed by atoms with Gasteiger partial charge in [-0.2, -0.15) is 0 Å². The van der Waals surface area contributed by atoms with Crippen molar-refractivity contribution in [2.75, 3.05) is 14.2 Å². The molecular formula is C24H21NO5. The summed E-state index contributed by atoms with van der Waals surface area (Å²) in [6.07, 6.45) is 0.743. The highest BCUT2D eigenvalue weighted by Crippen LogP contribution is 2.51. The summed E-state index contributed by atoms with van der Waals surface area (Å²) < 4.78 is 10.7. The van der Waals surface area contributed by atoms with Gasteiger partial charge in [0.25, 0.3) is 0 Å². The van der Waals surface area contributed by atoms with Crippen LogP contribution < -0.4 is 9.47 Å². The fraction of sp³-hybridized carbons (Fsp3) is 0.250. The Morgan fingerprint density at radius 2 is 1.77 bits per heavy atom. The quantitative estimate of drug-likeness (QED) is 0.719. The molecule has 152 valence electrons. The average molecular weight is 403 g/mol. The van der Waals surface area contributed by atoms with Crippen LogP contribution >= 0.6 is 0 Å². The van der Waals surface area contributed by atoms with E-state index in [4.69, 9.17) is 9.47 Å². The van der Waals surface area contributed by atoms with Crippen molar-refractivity contribution >= 4 is 22.5 Å². The van der Waals surface area contributed by atoms with E-state index in [1.165, 1.54) is 14.2 Å². The van der Waals surface area contributed by atoms with Crippen LogP contribution in [-0.2, 0) is 4.79 Å². The van der Waals surface area contributed by atoms with E-state index in [1.807, 2.05) is 42.5 Å². The molecule has 1 N–H and O–H groups in total. The molecule has 30 heavy (non-hydrogen) atoms. The number of rotatable bonds is 3. The molecule has 0 aliphatic carbocycles. The maximum atomic E-state index is 13.3. The third kappa shape index (κ3) is 2.43. The highest BCUT2D eigenvalue weighted by molar-refractivity contribution is 6.09. The van der Waals surface area contributed by atoms with Gasteiger partial charge in [0.1, 0.15) is 0 Å². The van der Waals surface area contributed by atoms with E-state index in [-0.39, 0.29) is 28.8 Å². The van der Waals surface area contributed by atoms with Crippen molar-refractivity contribution in [3.63, 3.8) is 0 Å². The third-order valence-electron chi connectivity index (χ3n) is 6.17. The highest BCUT2D eigenvalue weighted by atomic mass is 16.5. The summed E-state index contributed by atoms with van der Waals surface area (Å²) >= 11 is 0. The summed E-state index contributed by atoms with van der Waals surface area (Å²) in [5.41, 5.74) is 1.67. The summed E-state index contributed by atoms with van der Waals surface area (Å²) in [6.45, 7) is 0. The van der Waals surface area contributed by atoms with Crippen LogP contribution in [0.2, 0.25) is 0 Å². The second kappa shape index (κ2) is 6.76. The fourth-order valence-corrected chi connectivity index (χ4v) is 4.88. The maximum Gasteiger partial charge on any atom is 0.224 e. The standard InChI is InChI=1S/C24H21NO5/c1-29-18-12-16-20(23(28)24(18)30-2)22(27)17-10-11-19(26)25(17)21(16)15-9-5-7-13-6-3-4-8-14(13)15/h3-9,12,17,21,28H,10-11H2,1-2H3/t17-,21-/m0/s1. The second-order valence-electron chi connectivity index (χ2n) is 7.62. The molecule has 0 aromatic heterocycles. The predicted octanol–water partition coefficient (Wildman–Crippen LogP) is 3.84. The first kappa shape index (κ1) is 18.5. The van der Waals surface area contributed by atoms with Gasteiger partial charge in [-0.15, -0.1) is 0 Å². The molecule has 6 heteroatoms. The predicted molar refractivity (Wildman–Crippen MR) is 111 cm³/mol. The number of hydrogen-bond acceptors (Lipinski definition) is 5. The van der Waals surface area contributed by atoms with Crippen molar-refractivity contribution in [1.82, 2.24) is 4.90 Å². The zero-order chi connectivity index (χ0) is 21.0. The van der Waals surface area contributed by atoms with Gasteiger partial charge in [-0.25, -0.2) is 0 Å². The maximum absolute atomic E-state index is 13.3. The van der Waals surface area contributed by atoms with Gasteiger partial charge < -0.3 is 19.5 Å². The van der Waals surface area contributed by atoms with Gasteiger partial charge in [-0.05, 0) is 34.4 Å². The topological polar surface area (TPSA) is 76.1 Å². The SMILES string of the molecule is COc1cc2c(c(O)c1OC)C(=O)[C@@H]1CCC(=O)N1[C@H]2c1cccc2ccccc12. The molecule has 0 spiro atoms. The van der Waals surface area contributed by atoms with E-state index in [0.29, 0.717) is 24.2 Å². The van der Waals surface area contributed by atoms with Gasteiger partial charge in [-0.1, -0.05) is 42.5 Å². The molecule has 1 fully saturated rings. The Hall–Kier alpha value is -3.54. The molecule has 0 radical (unpaired) electrons. The molecule has 1 amide bonds. The highest BCUT2D eigenvalue weighted by Gasteiger charge is 2.49. The zero-order valence-electron chi connectivity index (χ0n) is 16.7. The van der Waals surface area contributed by atoms with E-state index < -0.39 is 12.1 Å². The number of amides is 1. The molecule has 5 rings (SSSR count). The van der Waals surface area contributed by atoms with Crippen LogP contribution in [0.5, 0.6) is 17.2 Å². The first-order chi connectivity index (χ1) is 14.6. The van der Waals surface area contributed by atoms with Gasteiger partial charge in [0, 0.05) is 6.42 Å². The summed E-state index contributed by atoms with van der Waals surface area (Å²) in [7, 11) is 2.90. The largest absolute Gasteiger partial charge is 0.504 e. The number of hydrogen-bond donors (Lipinski definition) is 1. The number of fused-ring (bicyclic) bond motifs is 3. The Balaban J connectivity index is 1.86. The van der Waals surface area contributed by atoms with Gasteiger partial charge in [0.05, 0.1) is 31.9 Å². The number of ketones is 1. The zero-order valence-corrected chi connectivity index (χ0v) is 16.7. The van der Waals surface area contributed by atoms with Crippen LogP contribution in [0.4, 0.5) is 0 Å². The molecular weight excluding hydrogens is 382 g/mol. The normalized spacial score (nSPS) is 20.3. The Bertz CT molecular complexity index is 1200. The molecule has 1 saturated heterocycles. The summed E-state index contributed by atoms with van der Waals surface area (Å²) in [6, 6.07) is 14.5. The lowest BCUT2D eigenvalue weighted by atomic mass is 9.82. The summed E-state index contributed by atoms with van der Waals surface area (Å²) in [5.74, 6) is -0.117. The molecule has 2 heterocycles. The van der Waals surface area contributed by atoms with Gasteiger partial charge in [0.2, 0.25) is 11.7 Å². The first-order valence-electron chi connectivity index (χ1n) is 9.87. The van der Waals surface area contributed by atoms with Crippen molar-refractivity contribution < 1.29 is 24.2 Å². The lowest BCUT2D eigenvalue weighted by molar-refractivity contribution is -0.130. The number of nitrogens with zero attached hydrogens (tertiary/aromatic N) is 1. The minimum atomic E-state index is -0.599. The van der Waals surface area contributed by atoms with Crippen molar-refractivity contribution in [3.05, 3.63) is 65.2 Å². The second-order valence-corrected chi connectivity index (χ2v) is 7.62. The minimum absolute atomic E-state index is 0.0637. The first-order valence-corrected chi connectivity index (χ1v) is 9.87.